The smallest absolute Gasteiger partial charge is 0.290 e. The second-order valence-corrected chi connectivity index (χ2v) is 8.98. The normalized spacial score (nSPS) is 33.8. The molecule has 3 saturated carbocycles. The van der Waals surface area contributed by atoms with Crippen molar-refractivity contribution in [2.75, 3.05) is 13.1 Å². The third-order valence-corrected chi connectivity index (χ3v) is 7.50. The molecule has 2 bridgehead atoms. The lowest BCUT2D eigenvalue weighted by Crippen LogP contribution is -2.53. The van der Waals surface area contributed by atoms with Gasteiger partial charge in [0.25, 0.3) is 5.91 Å². The van der Waals surface area contributed by atoms with Crippen LogP contribution >= 0.6 is 0 Å². The van der Waals surface area contributed by atoms with Crippen molar-refractivity contribution < 1.29 is 4.79 Å². The minimum Gasteiger partial charge on any atom is -0.332 e. The van der Waals surface area contributed by atoms with E-state index in [1.54, 1.807) is 6.20 Å². The van der Waals surface area contributed by atoms with Crippen molar-refractivity contribution in [2.24, 2.45) is 28.9 Å². The molecule has 25 heavy (non-hydrogen) atoms. The molecular formula is C20H32N4O. The van der Waals surface area contributed by atoms with Crippen molar-refractivity contribution in [1.82, 2.24) is 14.5 Å². The van der Waals surface area contributed by atoms with Crippen LogP contribution in [0.5, 0.6) is 0 Å². The molecule has 3 aliphatic carbocycles. The molecule has 4 aliphatic rings. The summed E-state index contributed by atoms with van der Waals surface area (Å²) in [5, 5.41) is 0. The van der Waals surface area contributed by atoms with Gasteiger partial charge in [0.2, 0.25) is 0 Å². The largest absolute Gasteiger partial charge is 0.332 e. The first-order chi connectivity index (χ1) is 12.0. The molecule has 1 aliphatic heterocycles. The van der Waals surface area contributed by atoms with Gasteiger partial charge in [0.1, 0.15) is 0 Å². The zero-order valence-corrected chi connectivity index (χ0v) is 15.7. The molecule has 0 spiro atoms. The first kappa shape index (κ1) is 17.1. The number of imidazole rings is 1. The van der Waals surface area contributed by atoms with Crippen LogP contribution in [-0.4, -0.2) is 39.5 Å². The third-order valence-electron chi connectivity index (χ3n) is 7.50. The van der Waals surface area contributed by atoms with Crippen LogP contribution in [0.4, 0.5) is 0 Å². The highest BCUT2D eigenvalue weighted by molar-refractivity contribution is 5.91. The van der Waals surface area contributed by atoms with Crippen LogP contribution in [-0.2, 0) is 6.54 Å². The maximum absolute atomic E-state index is 13.1. The standard InChI is InChI=1S/C20H32N4O/c1-20(2)15-7-6-14(17(20)11-15)13-23-10-8-22-18(23)19(25)24-9-4-3-5-16(24)12-21/h8,10,14-17H,3-7,9,11-13,21H2,1-2H3/t14-,15-,16?,17-/m0/s1. The summed E-state index contributed by atoms with van der Waals surface area (Å²) in [4.78, 5) is 19.5. The van der Waals surface area contributed by atoms with Crippen molar-refractivity contribution in [3.63, 3.8) is 0 Å². The van der Waals surface area contributed by atoms with Crippen LogP contribution in [0.25, 0.3) is 0 Å². The lowest BCUT2D eigenvalue weighted by Gasteiger charge is -2.60. The summed E-state index contributed by atoms with van der Waals surface area (Å²) >= 11 is 0. The zero-order valence-electron chi connectivity index (χ0n) is 15.7. The molecule has 2 heterocycles. The van der Waals surface area contributed by atoms with E-state index in [4.69, 9.17) is 5.73 Å². The van der Waals surface area contributed by atoms with E-state index in [1.165, 1.54) is 25.7 Å². The number of nitrogens with two attached hydrogens (primary N) is 1. The molecular weight excluding hydrogens is 312 g/mol. The Kier molecular flexibility index (Phi) is 4.38. The van der Waals surface area contributed by atoms with Crippen LogP contribution in [0.2, 0.25) is 0 Å². The summed E-state index contributed by atoms with van der Waals surface area (Å²) in [5.41, 5.74) is 6.38. The molecule has 2 N–H and O–H groups in total. The van der Waals surface area contributed by atoms with Crippen molar-refractivity contribution in [3.05, 3.63) is 18.2 Å². The van der Waals surface area contributed by atoms with Crippen molar-refractivity contribution in [1.29, 1.82) is 0 Å². The number of amides is 1. The van der Waals surface area contributed by atoms with Crippen LogP contribution in [0, 0.1) is 23.2 Å². The molecule has 4 fully saturated rings. The van der Waals surface area contributed by atoms with E-state index in [2.05, 4.69) is 23.4 Å². The Bertz CT molecular complexity index is 635. The summed E-state index contributed by atoms with van der Waals surface area (Å²) < 4.78 is 2.11. The maximum atomic E-state index is 13.1. The fourth-order valence-electron chi connectivity index (χ4n) is 5.73. The van der Waals surface area contributed by atoms with E-state index in [-0.39, 0.29) is 11.9 Å². The van der Waals surface area contributed by atoms with Crippen LogP contribution in [0.15, 0.2) is 12.4 Å². The second-order valence-electron chi connectivity index (χ2n) is 8.98. The van der Waals surface area contributed by atoms with Crippen LogP contribution in [0.3, 0.4) is 0 Å². The minimum absolute atomic E-state index is 0.0710. The van der Waals surface area contributed by atoms with Gasteiger partial charge in [-0.1, -0.05) is 13.8 Å². The highest BCUT2D eigenvalue weighted by Crippen LogP contribution is 2.61. The maximum Gasteiger partial charge on any atom is 0.290 e. The van der Waals surface area contributed by atoms with Crippen LogP contribution < -0.4 is 5.73 Å². The predicted molar refractivity (Wildman–Crippen MR) is 98.1 cm³/mol. The molecule has 5 nitrogen and oxygen atoms in total. The SMILES string of the molecule is CC1(C)[C@H]2CC[C@@H](Cn3ccnc3C(=O)N3CCCCC3CN)[C@@H]1C2. The lowest BCUT2D eigenvalue weighted by atomic mass is 9.45. The molecule has 1 amide bonds. The molecule has 1 saturated heterocycles. The number of carbonyl (C=O) groups excluding carboxylic acids is 1. The molecule has 1 aromatic heterocycles. The van der Waals surface area contributed by atoms with Gasteiger partial charge in [0.05, 0.1) is 0 Å². The molecule has 0 radical (unpaired) electrons. The van der Waals surface area contributed by atoms with Gasteiger partial charge in [-0.15, -0.1) is 0 Å². The van der Waals surface area contributed by atoms with Crippen molar-refractivity contribution in [3.8, 4) is 0 Å². The first-order valence-electron chi connectivity index (χ1n) is 10.0. The summed E-state index contributed by atoms with van der Waals surface area (Å²) in [6, 6.07) is 0.174. The molecule has 0 aromatic carbocycles. The number of rotatable bonds is 4. The number of carbonyl (C=O) groups is 1. The van der Waals surface area contributed by atoms with Gasteiger partial charge in [-0.05, 0) is 61.7 Å². The van der Waals surface area contributed by atoms with E-state index in [1.807, 2.05) is 11.1 Å². The summed E-state index contributed by atoms with van der Waals surface area (Å²) in [6.45, 7) is 7.15. The molecule has 1 aromatic rings. The Hall–Kier alpha value is -1.36. The average molecular weight is 345 g/mol. The highest BCUT2D eigenvalue weighted by atomic mass is 16.2. The van der Waals surface area contributed by atoms with Crippen molar-refractivity contribution in [2.45, 2.75) is 65.0 Å². The van der Waals surface area contributed by atoms with Gasteiger partial charge in [0, 0.05) is 38.1 Å². The van der Waals surface area contributed by atoms with E-state index in [0.29, 0.717) is 23.7 Å². The summed E-state index contributed by atoms with van der Waals surface area (Å²) in [7, 11) is 0. The van der Waals surface area contributed by atoms with E-state index in [9.17, 15) is 4.79 Å². The van der Waals surface area contributed by atoms with Crippen LogP contribution in [0.1, 0.15) is 63.0 Å². The number of nitrogens with zero attached hydrogens (tertiary/aromatic N) is 3. The number of hydrogen-bond acceptors (Lipinski definition) is 3. The second kappa shape index (κ2) is 6.42. The monoisotopic (exact) mass is 344 g/mol. The fraction of sp³-hybridized carbons (Fsp3) is 0.800. The van der Waals surface area contributed by atoms with Gasteiger partial charge >= 0.3 is 0 Å². The topological polar surface area (TPSA) is 64.2 Å². The fourth-order valence-corrected chi connectivity index (χ4v) is 5.73. The Morgan fingerprint density at radius 3 is 2.88 bits per heavy atom. The molecule has 4 atom stereocenters. The predicted octanol–water partition coefficient (Wildman–Crippen LogP) is 2.91. The Balaban J connectivity index is 1.50. The van der Waals surface area contributed by atoms with Gasteiger partial charge < -0.3 is 15.2 Å². The molecule has 5 heteroatoms. The number of likely N-dealkylation sites (tertiary alicyclic amines) is 1. The lowest BCUT2D eigenvalue weighted by molar-refractivity contribution is -0.109. The van der Waals surface area contributed by atoms with Gasteiger partial charge in [0.15, 0.2) is 5.82 Å². The summed E-state index contributed by atoms with van der Waals surface area (Å²) in [5.74, 6) is 3.06. The number of hydrogen-bond donors (Lipinski definition) is 1. The van der Waals surface area contributed by atoms with E-state index >= 15 is 0 Å². The molecule has 5 rings (SSSR count). The Morgan fingerprint density at radius 1 is 1.32 bits per heavy atom. The Morgan fingerprint density at radius 2 is 2.16 bits per heavy atom. The zero-order chi connectivity index (χ0) is 17.6. The number of aromatic nitrogens is 2. The molecule has 138 valence electrons. The molecule has 1 unspecified atom stereocenters. The summed E-state index contributed by atoms with van der Waals surface area (Å²) in [6.07, 6.45) is 11.0. The van der Waals surface area contributed by atoms with Gasteiger partial charge in [-0.2, -0.15) is 0 Å². The van der Waals surface area contributed by atoms with E-state index < -0.39 is 0 Å². The minimum atomic E-state index is 0.0710. The number of piperidine rings is 1. The third kappa shape index (κ3) is 2.80. The van der Waals surface area contributed by atoms with Gasteiger partial charge in [-0.3, -0.25) is 4.79 Å². The van der Waals surface area contributed by atoms with E-state index in [0.717, 1.165) is 37.8 Å². The highest BCUT2D eigenvalue weighted by Gasteiger charge is 2.54. The number of fused-ring (bicyclic) bond motifs is 2. The average Bonchev–Trinajstić information content (AvgIpc) is 3.09. The first-order valence-corrected chi connectivity index (χ1v) is 10.0. The quantitative estimate of drug-likeness (QED) is 0.913. The Labute approximate surface area is 151 Å². The van der Waals surface area contributed by atoms with Gasteiger partial charge in [-0.25, -0.2) is 4.98 Å². The van der Waals surface area contributed by atoms with Crippen molar-refractivity contribution >= 4 is 5.91 Å².